The summed E-state index contributed by atoms with van der Waals surface area (Å²) in [7, 11) is -3.56. The second-order valence-corrected chi connectivity index (χ2v) is 9.43. The van der Waals surface area contributed by atoms with Crippen LogP contribution < -0.4 is 15.6 Å². The third kappa shape index (κ3) is 4.53. The zero-order valence-electron chi connectivity index (χ0n) is 15.4. The highest BCUT2D eigenvalue weighted by atomic mass is 35.5. The molecular weight excluding hydrogens is 398 g/mol. The number of piperidine rings is 1. The number of hydrogen-bond donors (Lipinski definition) is 3. The predicted octanol–water partition coefficient (Wildman–Crippen LogP) is 2.04. The minimum atomic E-state index is -3.56. The van der Waals surface area contributed by atoms with Gasteiger partial charge in [-0.1, -0.05) is 11.6 Å². The van der Waals surface area contributed by atoms with E-state index in [1.54, 1.807) is 24.5 Å². The lowest BCUT2D eigenvalue weighted by atomic mass is 10.0. The predicted molar refractivity (Wildman–Crippen MR) is 108 cm³/mol. The maximum absolute atomic E-state index is 12.7. The number of rotatable bonds is 5. The van der Waals surface area contributed by atoms with Crippen LogP contribution >= 0.6 is 11.6 Å². The van der Waals surface area contributed by atoms with Crippen molar-refractivity contribution >= 4 is 21.6 Å². The lowest BCUT2D eigenvalue weighted by molar-refractivity contribution is 0.129. The average molecular weight is 422 g/mol. The Hall–Kier alpha value is -1.55. The zero-order chi connectivity index (χ0) is 19.6. The van der Waals surface area contributed by atoms with Gasteiger partial charge in [0.1, 0.15) is 0 Å². The Morgan fingerprint density at radius 3 is 2.61 bits per heavy atom. The van der Waals surface area contributed by atoms with Crippen molar-refractivity contribution in [3.05, 3.63) is 59.4 Å². The van der Waals surface area contributed by atoms with Crippen LogP contribution in [0.25, 0.3) is 0 Å². The maximum atomic E-state index is 12.7. The summed E-state index contributed by atoms with van der Waals surface area (Å²) < 4.78 is 28.2. The number of halogens is 1. The van der Waals surface area contributed by atoms with Gasteiger partial charge in [-0.15, -0.1) is 0 Å². The van der Waals surface area contributed by atoms with Crippen LogP contribution in [0.3, 0.4) is 0 Å². The number of benzene rings is 1. The molecule has 2 aliphatic rings. The molecule has 1 aromatic heterocycles. The molecule has 0 saturated carbocycles. The van der Waals surface area contributed by atoms with Crippen molar-refractivity contribution in [2.75, 3.05) is 13.1 Å². The normalized spacial score (nSPS) is 26.4. The Morgan fingerprint density at radius 1 is 1.11 bits per heavy atom. The zero-order valence-corrected chi connectivity index (χ0v) is 17.0. The van der Waals surface area contributed by atoms with Gasteiger partial charge in [0.25, 0.3) is 0 Å². The quantitative estimate of drug-likeness (QED) is 0.685. The van der Waals surface area contributed by atoms with Gasteiger partial charge in [-0.25, -0.2) is 24.0 Å². The molecule has 9 heteroatoms. The second kappa shape index (κ2) is 8.44. The van der Waals surface area contributed by atoms with Crippen molar-refractivity contribution in [2.24, 2.45) is 0 Å². The Bertz CT molecular complexity index is 894. The molecule has 2 fully saturated rings. The largest absolute Gasteiger partial charge is 0.285 e. The maximum Gasteiger partial charge on any atom is 0.240 e. The highest BCUT2D eigenvalue weighted by Crippen LogP contribution is 2.25. The third-order valence-corrected chi connectivity index (χ3v) is 7.12. The van der Waals surface area contributed by atoms with Crippen LogP contribution in [0.4, 0.5) is 0 Å². The van der Waals surface area contributed by atoms with E-state index in [1.165, 1.54) is 17.7 Å². The molecule has 0 aliphatic carbocycles. The van der Waals surface area contributed by atoms with Crippen molar-refractivity contribution < 1.29 is 8.42 Å². The van der Waals surface area contributed by atoms with Crippen LogP contribution in [0.2, 0.25) is 5.02 Å². The monoisotopic (exact) mass is 421 g/mol. The van der Waals surface area contributed by atoms with Gasteiger partial charge in [0.05, 0.1) is 11.1 Å². The summed E-state index contributed by atoms with van der Waals surface area (Å²) in [5, 5.41) is 0.520. The van der Waals surface area contributed by atoms with E-state index in [2.05, 4.69) is 25.5 Å². The van der Waals surface area contributed by atoms with E-state index in [9.17, 15) is 8.42 Å². The lowest BCUT2D eigenvalue weighted by Crippen LogP contribution is -2.54. The number of hydrogen-bond acceptors (Lipinski definition) is 6. The van der Waals surface area contributed by atoms with Gasteiger partial charge in [-0.2, -0.15) is 0 Å². The molecule has 3 unspecified atom stereocenters. The summed E-state index contributed by atoms with van der Waals surface area (Å²) in [5.41, 5.74) is 7.90. The second-order valence-electron chi connectivity index (χ2n) is 7.28. The minimum Gasteiger partial charge on any atom is -0.285 e. The first kappa shape index (κ1) is 19.8. The summed E-state index contributed by atoms with van der Waals surface area (Å²) in [5.74, 6) is 0. The minimum absolute atomic E-state index is 0.115. The first-order valence-electron chi connectivity index (χ1n) is 9.44. The number of sulfonamides is 1. The van der Waals surface area contributed by atoms with E-state index in [4.69, 9.17) is 11.6 Å². The lowest BCUT2D eigenvalue weighted by Gasteiger charge is -2.36. The van der Waals surface area contributed by atoms with Crippen LogP contribution in [0.5, 0.6) is 0 Å². The molecule has 150 valence electrons. The summed E-state index contributed by atoms with van der Waals surface area (Å²) in [6.45, 7) is 1.62. The summed E-state index contributed by atoms with van der Waals surface area (Å²) in [4.78, 5) is 6.62. The number of nitrogens with one attached hydrogen (secondary N) is 3. The van der Waals surface area contributed by atoms with Gasteiger partial charge in [0.15, 0.2) is 0 Å². The third-order valence-electron chi connectivity index (χ3n) is 5.33. The molecule has 28 heavy (non-hydrogen) atoms. The Labute approximate surface area is 170 Å². The summed E-state index contributed by atoms with van der Waals surface area (Å²) in [6, 6.07) is 10.4. The van der Waals surface area contributed by atoms with E-state index in [0.717, 1.165) is 25.8 Å². The molecular formula is C19H24ClN5O2S. The Balaban J connectivity index is 1.37. The van der Waals surface area contributed by atoms with Gasteiger partial charge in [0, 0.05) is 36.0 Å². The smallest absolute Gasteiger partial charge is 0.240 e. The molecule has 2 aliphatic heterocycles. The number of pyridine rings is 1. The van der Waals surface area contributed by atoms with E-state index in [0.29, 0.717) is 11.6 Å². The molecule has 3 heterocycles. The van der Waals surface area contributed by atoms with Gasteiger partial charge in [0.2, 0.25) is 10.0 Å². The van der Waals surface area contributed by atoms with E-state index >= 15 is 0 Å². The standard InChI is InChI=1S/C19H24ClN5O2S/c20-15-3-5-17(6-4-15)28(26,27)24-16-2-1-11-25(13-16)19-12-18(22-23-19)14-7-9-21-10-8-14/h3-10,16,18-19,22-24H,1-2,11-13H2. The van der Waals surface area contributed by atoms with Gasteiger partial charge in [-0.05, 0) is 67.8 Å². The molecule has 3 atom stereocenters. The highest BCUT2D eigenvalue weighted by molar-refractivity contribution is 7.89. The van der Waals surface area contributed by atoms with Crippen molar-refractivity contribution in [1.82, 2.24) is 25.5 Å². The van der Waals surface area contributed by atoms with Gasteiger partial charge < -0.3 is 0 Å². The van der Waals surface area contributed by atoms with E-state index in [-0.39, 0.29) is 23.1 Å². The highest BCUT2D eigenvalue weighted by Gasteiger charge is 2.33. The molecule has 0 amide bonds. The fraction of sp³-hybridized carbons (Fsp3) is 0.421. The summed E-state index contributed by atoms with van der Waals surface area (Å²) in [6.07, 6.45) is 6.46. The Morgan fingerprint density at radius 2 is 1.86 bits per heavy atom. The Kier molecular flexibility index (Phi) is 5.96. The fourth-order valence-electron chi connectivity index (χ4n) is 3.88. The molecule has 2 saturated heterocycles. The van der Waals surface area contributed by atoms with Crippen molar-refractivity contribution in [1.29, 1.82) is 0 Å². The van der Waals surface area contributed by atoms with Crippen LogP contribution in [-0.4, -0.2) is 43.6 Å². The van der Waals surface area contributed by atoms with Crippen LogP contribution in [0.1, 0.15) is 30.9 Å². The molecule has 1 aromatic carbocycles. The SMILES string of the molecule is O=S(=O)(NC1CCCN(C2CC(c3ccncc3)NN2)C1)c1ccc(Cl)cc1. The molecule has 4 rings (SSSR count). The van der Waals surface area contributed by atoms with Crippen molar-refractivity contribution in [2.45, 2.75) is 42.4 Å². The number of likely N-dealkylation sites (tertiary alicyclic amines) is 1. The molecule has 0 spiro atoms. The van der Waals surface area contributed by atoms with Crippen LogP contribution in [0, 0.1) is 0 Å². The average Bonchev–Trinajstić information content (AvgIpc) is 3.19. The van der Waals surface area contributed by atoms with Crippen LogP contribution in [-0.2, 0) is 10.0 Å². The fourth-order valence-corrected chi connectivity index (χ4v) is 5.27. The van der Waals surface area contributed by atoms with Gasteiger partial charge in [-0.3, -0.25) is 9.88 Å². The first-order chi connectivity index (χ1) is 13.5. The molecule has 0 bridgehead atoms. The summed E-state index contributed by atoms with van der Waals surface area (Å²) >= 11 is 5.86. The molecule has 0 radical (unpaired) electrons. The van der Waals surface area contributed by atoms with Crippen LogP contribution in [0.15, 0.2) is 53.7 Å². The number of hydrazine groups is 1. The first-order valence-corrected chi connectivity index (χ1v) is 11.3. The molecule has 7 nitrogen and oxygen atoms in total. The number of aromatic nitrogens is 1. The van der Waals surface area contributed by atoms with Crippen molar-refractivity contribution in [3.63, 3.8) is 0 Å². The molecule has 2 aromatic rings. The van der Waals surface area contributed by atoms with E-state index in [1.807, 2.05) is 12.1 Å². The molecule has 3 N–H and O–H groups in total. The van der Waals surface area contributed by atoms with Gasteiger partial charge >= 0.3 is 0 Å². The number of nitrogens with zero attached hydrogens (tertiary/aromatic N) is 2. The topological polar surface area (TPSA) is 86.4 Å². The van der Waals surface area contributed by atoms with Crippen molar-refractivity contribution in [3.8, 4) is 0 Å². The van der Waals surface area contributed by atoms with E-state index < -0.39 is 10.0 Å².